The Kier molecular flexibility index (Phi) is 6.31. The van der Waals surface area contributed by atoms with E-state index in [4.69, 9.17) is 10.5 Å². The van der Waals surface area contributed by atoms with Gasteiger partial charge < -0.3 is 15.4 Å². The van der Waals surface area contributed by atoms with Crippen LogP contribution >= 0.6 is 15.9 Å². The lowest BCUT2D eigenvalue weighted by atomic mass is 10.1. The number of benzene rings is 1. The third-order valence-electron chi connectivity index (χ3n) is 2.93. The van der Waals surface area contributed by atoms with Gasteiger partial charge >= 0.3 is 0 Å². The second-order valence-electron chi connectivity index (χ2n) is 4.33. The van der Waals surface area contributed by atoms with E-state index >= 15 is 0 Å². The molecule has 1 aromatic carbocycles. The summed E-state index contributed by atoms with van der Waals surface area (Å²) in [5.41, 5.74) is 6.80. The molecule has 2 N–H and O–H groups in total. The number of rotatable bonds is 6. The number of carbonyl (C=O) groups is 1. The normalized spacial score (nSPS) is 12.1. The van der Waals surface area contributed by atoms with Gasteiger partial charge in [-0.25, -0.2) is 0 Å². The first-order valence-corrected chi connectivity index (χ1v) is 7.24. The van der Waals surface area contributed by atoms with Crippen LogP contribution in [0.4, 0.5) is 0 Å². The molecule has 0 radical (unpaired) electrons. The second-order valence-corrected chi connectivity index (χ2v) is 5.24. The number of ether oxygens (including phenoxy) is 1. The molecular formula is C14H21BrN2O2. The third kappa shape index (κ3) is 4.51. The Balaban J connectivity index is 2.75. The van der Waals surface area contributed by atoms with Gasteiger partial charge in [0.15, 0.2) is 6.61 Å². The number of amides is 1. The third-order valence-corrected chi connectivity index (χ3v) is 3.42. The zero-order valence-corrected chi connectivity index (χ0v) is 13.2. The average molecular weight is 329 g/mol. The molecule has 1 rings (SSSR count). The maximum Gasteiger partial charge on any atom is 0.260 e. The first-order valence-electron chi connectivity index (χ1n) is 6.45. The Labute approximate surface area is 123 Å². The highest BCUT2D eigenvalue weighted by atomic mass is 79.9. The fourth-order valence-electron chi connectivity index (χ4n) is 1.81. The van der Waals surface area contributed by atoms with Gasteiger partial charge in [-0.05, 0) is 39.0 Å². The lowest BCUT2D eigenvalue weighted by Crippen LogP contribution is -2.34. The molecule has 4 nitrogen and oxygen atoms in total. The summed E-state index contributed by atoms with van der Waals surface area (Å²) >= 11 is 3.40. The fraction of sp³-hybridized carbons (Fsp3) is 0.500. The molecule has 1 atom stereocenters. The topological polar surface area (TPSA) is 55.6 Å². The minimum atomic E-state index is -0.143. The van der Waals surface area contributed by atoms with Crippen molar-refractivity contribution in [2.24, 2.45) is 5.73 Å². The quantitative estimate of drug-likeness (QED) is 0.873. The van der Waals surface area contributed by atoms with E-state index in [9.17, 15) is 4.79 Å². The van der Waals surface area contributed by atoms with Crippen LogP contribution in [0.3, 0.4) is 0 Å². The van der Waals surface area contributed by atoms with Crippen molar-refractivity contribution in [2.75, 3.05) is 19.7 Å². The van der Waals surface area contributed by atoms with Crippen molar-refractivity contribution in [1.82, 2.24) is 4.90 Å². The van der Waals surface area contributed by atoms with E-state index in [2.05, 4.69) is 15.9 Å². The van der Waals surface area contributed by atoms with Crippen molar-refractivity contribution in [3.63, 3.8) is 0 Å². The lowest BCUT2D eigenvalue weighted by Gasteiger charge is -2.20. The number of hydrogen-bond donors (Lipinski definition) is 1. The summed E-state index contributed by atoms with van der Waals surface area (Å²) in [5, 5.41) is 0. The van der Waals surface area contributed by atoms with Crippen LogP contribution in [0.2, 0.25) is 0 Å². The largest absolute Gasteiger partial charge is 0.483 e. The van der Waals surface area contributed by atoms with Crippen molar-refractivity contribution >= 4 is 21.8 Å². The molecule has 19 heavy (non-hydrogen) atoms. The number of carbonyl (C=O) groups excluding carboxylic acids is 1. The fourth-order valence-corrected chi connectivity index (χ4v) is 2.19. The molecular weight excluding hydrogens is 308 g/mol. The highest BCUT2D eigenvalue weighted by molar-refractivity contribution is 9.10. The van der Waals surface area contributed by atoms with E-state index in [1.165, 1.54) is 0 Å². The van der Waals surface area contributed by atoms with Crippen molar-refractivity contribution in [2.45, 2.75) is 26.8 Å². The van der Waals surface area contributed by atoms with Crippen molar-refractivity contribution in [1.29, 1.82) is 0 Å². The molecule has 0 aliphatic rings. The summed E-state index contributed by atoms with van der Waals surface area (Å²) in [7, 11) is 0. The monoisotopic (exact) mass is 328 g/mol. The Morgan fingerprint density at radius 2 is 2.05 bits per heavy atom. The number of likely N-dealkylation sites (N-methyl/N-ethyl adjacent to an activating group) is 1. The molecule has 1 amide bonds. The summed E-state index contributed by atoms with van der Waals surface area (Å²) < 4.78 is 6.55. The zero-order chi connectivity index (χ0) is 14.4. The van der Waals surface area contributed by atoms with Gasteiger partial charge in [0.25, 0.3) is 5.91 Å². The highest BCUT2D eigenvalue weighted by Crippen LogP contribution is 2.27. The molecule has 106 valence electrons. The smallest absolute Gasteiger partial charge is 0.260 e. The minimum absolute atomic E-state index is 0.0106. The van der Waals surface area contributed by atoms with E-state index in [0.29, 0.717) is 18.8 Å². The van der Waals surface area contributed by atoms with Crippen LogP contribution in [0.5, 0.6) is 5.75 Å². The number of hydrogen-bond acceptors (Lipinski definition) is 3. The van der Waals surface area contributed by atoms with Crippen LogP contribution in [0.1, 0.15) is 32.4 Å². The second kappa shape index (κ2) is 7.50. The molecule has 0 aliphatic heterocycles. The molecule has 0 saturated heterocycles. The minimum Gasteiger partial charge on any atom is -0.483 e. The van der Waals surface area contributed by atoms with Gasteiger partial charge in [-0.2, -0.15) is 0 Å². The predicted octanol–water partition coefficient (Wildman–Crippen LogP) is 2.72. The Morgan fingerprint density at radius 1 is 1.42 bits per heavy atom. The molecule has 0 aliphatic carbocycles. The molecule has 1 aromatic rings. The predicted molar refractivity (Wildman–Crippen MR) is 80.2 cm³/mol. The van der Waals surface area contributed by atoms with E-state index < -0.39 is 0 Å². The van der Waals surface area contributed by atoms with Crippen LogP contribution in [-0.2, 0) is 4.79 Å². The van der Waals surface area contributed by atoms with Crippen LogP contribution in [0.25, 0.3) is 0 Å². The number of nitrogens with two attached hydrogens (primary N) is 1. The average Bonchev–Trinajstić information content (AvgIpc) is 2.38. The maximum atomic E-state index is 11.9. The molecule has 0 spiro atoms. The van der Waals surface area contributed by atoms with Gasteiger partial charge in [-0.15, -0.1) is 0 Å². The van der Waals surface area contributed by atoms with E-state index in [1.807, 2.05) is 39.0 Å². The van der Waals surface area contributed by atoms with Gasteiger partial charge in [-0.3, -0.25) is 4.79 Å². The summed E-state index contributed by atoms with van der Waals surface area (Å²) in [6, 6.07) is 5.49. The standard InChI is InChI=1S/C14H21BrN2O2/c1-4-17(5-2)14(18)9-19-13-7-6-11(15)8-12(13)10(3)16/h6-8,10H,4-5,9,16H2,1-3H3/t10-/m0/s1. The lowest BCUT2D eigenvalue weighted by molar-refractivity contribution is -0.132. The van der Waals surface area contributed by atoms with Crippen molar-refractivity contribution < 1.29 is 9.53 Å². The van der Waals surface area contributed by atoms with Crippen LogP contribution in [0, 0.1) is 0 Å². The summed E-state index contributed by atoms with van der Waals surface area (Å²) in [6.07, 6.45) is 0. The van der Waals surface area contributed by atoms with Crippen LogP contribution < -0.4 is 10.5 Å². The van der Waals surface area contributed by atoms with Crippen LogP contribution in [0.15, 0.2) is 22.7 Å². The van der Waals surface area contributed by atoms with E-state index in [0.717, 1.165) is 10.0 Å². The molecule has 0 bridgehead atoms. The van der Waals surface area contributed by atoms with Gasteiger partial charge in [0, 0.05) is 29.2 Å². The Bertz CT molecular complexity index is 431. The van der Waals surface area contributed by atoms with E-state index in [1.54, 1.807) is 4.90 Å². The first kappa shape index (κ1) is 16.0. The summed E-state index contributed by atoms with van der Waals surface area (Å²) in [5.74, 6) is 0.655. The SMILES string of the molecule is CCN(CC)C(=O)COc1ccc(Br)cc1[C@H](C)N. The van der Waals surface area contributed by atoms with Gasteiger partial charge in [0.2, 0.25) is 0 Å². The van der Waals surface area contributed by atoms with Crippen LogP contribution in [-0.4, -0.2) is 30.5 Å². The first-order chi connectivity index (χ1) is 8.99. The zero-order valence-electron chi connectivity index (χ0n) is 11.6. The maximum absolute atomic E-state index is 11.9. The van der Waals surface area contributed by atoms with Crippen molar-refractivity contribution in [3.05, 3.63) is 28.2 Å². The molecule has 0 saturated carbocycles. The Morgan fingerprint density at radius 3 is 2.58 bits per heavy atom. The molecule has 0 aromatic heterocycles. The molecule has 5 heteroatoms. The van der Waals surface area contributed by atoms with Crippen molar-refractivity contribution in [3.8, 4) is 5.75 Å². The van der Waals surface area contributed by atoms with E-state index in [-0.39, 0.29) is 18.6 Å². The number of nitrogens with zero attached hydrogens (tertiary/aromatic N) is 1. The van der Waals surface area contributed by atoms with Gasteiger partial charge in [0.1, 0.15) is 5.75 Å². The Hall–Kier alpha value is -1.07. The summed E-state index contributed by atoms with van der Waals surface area (Å²) in [6.45, 7) is 7.23. The molecule has 0 fully saturated rings. The highest BCUT2D eigenvalue weighted by Gasteiger charge is 2.13. The number of halogens is 1. The summed E-state index contributed by atoms with van der Waals surface area (Å²) in [4.78, 5) is 13.6. The van der Waals surface area contributed by atoms with Gasteiger partial charge in [-0.1, -0.05) is 15.9 Å². The molecule has 0 unspecified atom stereocenters. The molecule has 0 heterocycles. The van der Waals surface area contributed by atoms with Gasteiger partial charge in [0.05, 0.1) is 0 Å².